The number of rotatable bonds is 9. The maximum Gasteiger partial charge on any atom is 0.338 e. The highest BCUT2D eigenvalue weighted by Gasteiger charge is 2.36. The Labute approximate surface area is 250 Å². The molecule has 0 saturated heterocycles. The van der Waals surface area contributed by atoms with Crippen molar-refractivity contribution in [3.8, 4) is 5.75 Å². The van der Waals surface area contributed by atoms with Gasteiger partial charge >= 0.3 is 5.97 Å². The lowest BCUT2D eigenvalue weighted by atomic mass is 9.93. The van der Waals surface area contributed by atoms with E-state index in [0.717, 1.165) is 33.1 Å². The van der Waals surface area contributed by atoms with Gasteiger partial charge in [0.25, 0.3) is 5.56 Å². The molecule has 1 aliphatic rings. The Morgan fingerprint density at radius 1 is 1.22 bits per heavy atom. The van der Waals surface area contributed by atoms with E-state index < -0.39 is 12.0 Å². The molecule has 5 rings (SSSR count). The molecule has 9 heteroatoms. The van der Waals surface area contributed by atoms with E-state index in [4.69, 9.17) is 14.5 Å². The quantitative estimate of drug-likeness (QED) is 0.172. The van der Waals surface area contributed by atoms with Crippen LogP contribution >= 0.6 is 27.3 Å². The fourth-order valence-electron chi connectivity index (χ4n) is 5.47. The third-order valence-corrected chi connectivity index (χ3v) is 8.72. The van der Waals surface area contributed by atoms with E-state index in [1.807, 2.05) is 49.4 Å². The highest BCUT2D eigenvalue weighted by molar-refractivity contribution is 9.10. The fourth-order valence-corrected chi connectivity index (χ4v) is 6.85. The summed E-state index contributed by atoms with van der Waals surface area (Å²) < 4.78 is 16.4. The minimum Gasteiger partial charge on any atom is -0.496 e. The summed E-state index contributed by atoms with van der Waals surface area (Å²) >= 11 is 4.90. The molecule has 212 valence electrons. The number of fused-ring (bicyclic) bond motifs is 2. The Morgan fingerprint density at radius 2 is 2.00 bits per heavy atom. The molecule has 0 spiro atoms. The Morgan fingerprint density at radius 3 is 2.71 bits per heavy atom. The van der Waals surface area contributed by atoms with Gasteiger partial charge < -0.3 is 14.0 Å². The SMILES string of the molecule is C=CCn1c(C)c(/C=c2/sc3n(c2=O)[C@H](c2cc(Br)ccc2OC)C(C(=O)OCC)=C(CCC)N=3)c2ccccc21. The molecule has 0 saturated carbocycles. The van der Waals surface area contributed by atoms with Gasteiger partial charge in [0, 0.05) is 38.7 Å². The number of allylic oxidation sites excluding steroid dienone is 2. The van der Waals surface area contributed by atoms with Crippen molar-refractivity contribution in [2.75, 3.05) is 13.7 Å². The molecule has 41 heavy (non-hydrogen) atoms. The van der Waals surface area contributed by atoms with Crippen LogP contribution in [0.2, 0.25) is 0 Å². The third kappa shape index (κ3) is 5.13. The van der Waals surface area contributed by atoms with E-state index in [1.165, 1.54) is 11.3 Å². The molecule has 2 aromatic heterocycles. The third-order valence-electron chi connectivity index (χ3n) is 7.25. The summed E-state index contributed by atoms with van der Waals surface area (Å²) in [5, 5.41) is 1.06. The molecule has 3 heterocycles. The lowest BCUT2D eigenvalue weighted by Gasteiger charge is -2.27. The number of nitrogens with zero attached hydrogens (tertiary/aromatic N) is 3. The Balaban J connectivity index is 1.84. The highest BCUT2D eigenvalue weighted by Crippen LogP contribution is 2.38. The maximum absolute atomic E-state index is 14.3. The summed E-state index contributed by atoms with van der Waals surface area (Å²) in [6.45, 7) is 10.7. The van der Waals surface area contributed by atoms with E-state index in [9.17, 15) is 9.59 Å². The predicted molar refractivity (Wildman–Crippen MR) is 167 cm³/mol. The van der Waals surface area contributed by atoms with Crippen LogP contribution in [-0.4, -0.2) is 28.8 Å². The fraction of sp³-hybridized carbons (Fsp3) is 0.281. The zero-order chi connectivity index (χ0) is 29.3. The lowest BCUT2D eigenvalue weighted by Crippen LogP contribution is -2.40. The number of carbonyl (C=O) groups is 1. The van der Waals surface area contributed by atoms with Crippen molar-refractivity contribution in [2.45, 2.75) is 46.2 Å². The molecular weight excluding hydrogens is 602 g/mol. The number of halogens is 1. The molecule has 2 aromatic carbocycles. The van der Waals surface area contributed by atoms with Gasteiger partial charge in [-0.3, -0.25) is 9.36 Å². The van der Waals surface area contributed by atoms with Crippen LogP contribution in [0.25, 0.3) is 17.0 Å². The normalized spacial score (nSPS) is 15.1. The van der Waals surface area contributed by atoms with Crippen molar-refractivity contribution in [3.63, 3.8) is 0 Å². The van der Waals surface area contributed by atoms with Gasteiger partial charge in [-0.2, -0.15) is 0 Å². The monoisotopic (exact) mass is 633 g/mol. The summed E-state index contributed by atoms with van der Waals surface area (Å²) in [6.07, 6.45) is 5.17. The van der Waals surface area contributed by atoms with Gasteiger partial charge in [-0.25, -0.2) is 9.79 Å². The number of hydrogen-bond acceptors (Lipinski definition) is 6. The molecule has 0 unspecified atom stereocenters. The van der Waals surface area contributed by atoms with Crippen molar-refractivity contribution < 1.29 is 14.3 Å². The van der Waals surface area contributed by atoms with Crippen LogP contribution < -0.4 is 19.6 Å². The molecule has 4 aromatic rings. The lowest BCUT2D eigenvalue weighted by molar-refractivity contribution is -0.139. The van der Waals surface area contributed by atoms with E-state index >= 15 is 0 Å². The first-order valence-electron chi connectivity index (χ1n) is 13.6. The van der Waals surface area contributed by atoms with Crippen molar-refractivity contribution in [2.24, 2.45) is 4.99 Å². The first-order chi connectivity index (χ1) is 19.8. The van der Waals surface area contributed by atoms with Crippen LogP contribution in [0.1, 0.15) is 49.6 Å². The van der Waals surface area contributed by atoms with Gasteiger partial charge in [0.15, 0.2) is 4.80 Å². The number of hydrogen-bond donors (Lipinski definition) is 0. The summed E-state index contributed by atoms with van der Waals surface area (Å²) in [6, 6.07) is 13.0. The second kappa shape index (κ2) is 12.0. The van der Waals surface area contributed by atoms with Gasteiger partial charge in [-0.05, 0) is 50.6 Å². The Hall–Kier alpha value is -3.69. The van der Waals surface area contributed by atoms with E-state index in [0.29, 0.717) is 44.9 Å². The first kappa shape index (κ1) is 28.8. The Bertz CT molecular complexity index is 1880. The van der Waals surface area contributed by atoms with Gasteiger partial charge in [0.1, 0.15) is 11.8 Å². The maximum atomic E-state index is 14.3. The smallest absolute Gasteiger partial charge is 0.338 e. The number of para-hydroxylation sites is 1. The minimum absolute atomic E-state index is 0.211. The molecule has 1 aliphatic heterocycles. The molecule has 0 amide bonds. The van der Waals surface area contributed by atoms with E-state index in [1.54, 1.807) is 18.6 Å². The second-order valence-corrected chi connectivity index (χ2v) is 11.6. The van der Waals surface area contributed by atoms with E-state index in [2.05, 4.69) is 46.1 Å². The highest BCUT2D eigenvalue weighted by atomic mass is 79.9. The molecule has 0 fully saturated rings. The largest absolute Gasteiger partial charge is 0.496 e. The average Bonchev–Trinajstić information content (AvgIpc) is 3.41. The molecule has 1 atom stereocenters. The van der Waals surface area contributed by atoms with Crippen molar-refractivity contribution >= 4 is 50.2 Å². The number of aromatic nitrogens is 2. The van der Waals surface area contributed by atoms with Gasteiger partial charge in [-0.15, -0.1) is 6.58 Å². The van der Waals surface area contributed by atoms with Crippen molar-refractivity contribution in [1.82, 2.24) is 9.13 Å². The molecule has 0 radical (unpaired) electrons. The summed E-state index contributed by atoms with van der Waals surface area (Å²) in [7, 11) is 1.58. The molecule has 0 N–H and O–H groups in total. The van der Waals surface area contributed by atoms with Gasteiger partial charge in [-0.1, -0.05) is 64.9 Å². The summed E-state index contributed by atoms with van der Waals surface area (Å²) in [5.74, 6) is 0.0833. The topological polar surface area (TPSA) is 74.8 Å². The average molecular weight is 635 g/mol. The molecule has 0 bridgehead atoms. The minimum atomic E-state index is -0.760. The summed E-state index contributed by atoms with van der Waals surface area (Å²) in [5.41, 5.74) is 4.55. The van der Waals surface area contributed by atoms with Crippen LogP contribution in [0.5, 0.6) is 5.75 Å². The van der Waals surface area contributed by atoms with Gasteiger partial charge in [0.2, 0.25) is 0 Å². The number of ether oxygens (including phenoxy) is 2. The van der Waals surface area contributed by atoms with Crippen LogP contribution in [0.3, 0.4) is 0 Å². The first-order valence-corrected chi connectivity index (χ1v) is 15.2. The zero-order valence-electron chi connectivity index (χ0n) is 23.6. The summed E-state index contributed by atoms with van der Waals surface area (Å²) in [4.78, 5) is 33.2. The number of esters is 1. The number of carbonyl (C=O) groups excluding carboxylic acids is 1. The number of benzene rings is 2. The molecular formula is C32H32BrN3O4S. The predicted octanol–water partition coefficient (Wildman–Crippen LogP) is 5.80. The number of methoxy groups -OCH3 is 1. The zero-order valence-corrected chi connectivity index (χ0v) is 26.0. The van der Waals surface area contributed by atoms with E-state index in [-0.39, 0.29) is 12.2 Å². The number of thiazole rings is 1. The van der Waals surface area contributed by atoms with Crippen molar-refractivity contribution in [3.05, 3.63) is 107 Å². The van der Waals surface area contributed by atoms with Crippen LogP contribution in [-0.2, 0) is 16.1 Å². The van der Waals surface area contributed by atoms with Gasteiger partial charge in [0.05, 0.1) is 29.5 Å². The second-order valence-electron chi connectivity index (χ2n) is 9.72. The van der Waals surface area contributed by atoms with Crippen LogP contribution in [0, 0.1) is 6.92 Å². The standard InChI is InChI=1S/C32H32BrN3O4S/c1-6-11-24-28(31(38)40-8-3)29(23-17-20(33)14-15-26(23)39-5)36-30(37)27(41-32(36)34-24)18-22-19(4)35(16-7-2)25-13-10-9-12-21(22)25/h7,9-10,12-15,17-18,29H,2,6,8,11,16H2,1,3-5H3/b27-18+/t29-/m1/s1. The molecule has 7 nitrogen and oxygen atoms in total. The Kier molecular flexibility index (Phi) is 8.47. The van der Waals surface area contributed by atoms with Crippen molar-refractivity contribution in [1.29, 1.82) is 0 Å². The molecule has 0 aliphatic carbocycles. The van der Waals surface area contributed by atoms with Crippen LogP contribution in [0.4, 0.5) is 0 Å². The van der Waals surface area contributed by atoms with Crippen LogP contribution in [0.15, 0.2) is 80.6 Å².